The van der Waals surface area contributed by atoms with Gasteiger partial charge in [0.15, 0.2) is 0 Å². The number of hydrogen-bond donors (Lipinski definition) is 2. The average Bonchev–Trinajstić information content (AvgIpc) is 2.60. The van der Waals surface area contributed by atoms with Crippen molar-refractivity contribution in [2.75, 3.05) is 7.05 Å². The number of hydrogen-bond acceptors (Lipinski definition) is 4. The van der Waals surface area contributed by atoms with E-state index in [2.05, 4.69) is 5.32 Å². The summed E-state index contributed by atoms with van der Waals surface area (Å²) in [6.07, 6.45) is 4.35. The van der Waals surface area contributed by atoms with Crippen molar-refractivity contribution in [1.29, 1.82) is 0 Å². The van der Waals surface area contributed by atoms with Crippen LogP contribution in [0.5, 0.6) is 0 Å². The molecule has 2 fully saturated rings. The number of nitrogens with two attached hydrogens (primary N) is 1. The minimum Gasteiger partial charge on any atom is -0.344 e. The van der Waals surface area contributed by atoms with Crippen molar-refractivity contribution < 1.29 is 14.4 Å². The van der Waals surface area contributed by atoms with Gasteiger partial charge in [-0.3, -0.25) is 19.3 Å². The SMILES string of the molecule is CN1C(=O)CC(NC(=O)CC2CCC(N)CC2)C1=O. The maximum Gasteiger partial charge on any atom is 0.252 e. The fourth-order valence-electron chi connectivity index (χ4n) is 2.78. The molecule has 1 saturated carbocycles. The second-order valence-corrected chi connectivity index (χ2v) is 5.60. The van der Waals surface area contributed by atoms with Crippen LogP contribution in [-0.2, 0) is 14.4 Å². The van der Waals surface area contributed by atoms with Crippen molar-refractivity contribution in [2.45, 2.75) is 50.6 Å². The molecule has 1 aliphatic heterocycles. The normalized spacial score (nSPS) is 31.7. The van der Waals surface area contributed by atoms with Crippen molar-refractivity contribution in [1.82, 2.24) is 10.2 Å². The lowest BCUT2D eigenvalue weighted by Crippen LogP contribution is -2.41. The third-order valence-electron chi connectivity index (χ3n) is 4.08. The van der Waals surface area contributed by atoms with Gasteiger partial charge in [-0.05, 0) is 31.6 Å². The maximum absolute atomic E-state index is 11.9. The van der Waals surface area contributed by atoms with E-state index < -0.39 is 6.04 Å². The van der Waals surface area contributed by atoms with E-state index in [0.29, 0.717) is 12.3 Å². The third-order valence-corrected chi connectivity index (χ3v) is 4.08. The lowest BCUT2D eigenvalue weighted by atomic mass is 9.84. The van der Waals surface area contributed by atoms with Gasteiger partial charge in [-0.1, -0.05) is 0 Å². The molecule has 1 unspecified atom stereocenters. The first-order valence-corrected chi connectivity index (χ1v) is 6.82. The summed E-state index contributed by atoms with van der Waals surface area (Å²) in [5, 5.41) is 2.67. The zero-order valence-electron chi connectivity index (χ0n) is 11.2. The molecule has 0 aromatic carbocycles. The molecule has 0 bridgehead atoms. The zero-order chi connectivity index (χ0) is 14.0. The molecule has 3 N–H and O–H groups in total. The largest absolute Gasteiger partial charge is 0.344 e. The third kappa shape index (κ3) is 3.32. The highest BCUT2D eigenvalue weighted by atomic mass is 16.2. The van der Waals surface area contributed by atoms with Crippen molar-refractivity contribution in [3.63, 3.8) is 0 Å². The summed E-state index contributed by atoms with van der Waals surface area (Å²) in [5.41, 5.74) is 5.82. The lowest BCUT2D eigenvalue weighted by molar-refractivity contribution is -0.138. The summed E-state index contributed by atoms with van der Waals surface area (Å²) in [5.74, 6) is -0.338. The van der Waals surface area contributed by atoms with Crippen molar-refractivity contribution in [3.05, 3.63) is 0 Å². The first-order chi connectivity index (χ1) is 8.97. The van der Waals surface area contributed by atoms with Crippen LogP contribution in [0.3, 0.4) is 0 Å². The van der Waals surface area contributed by atoms with Gasteiger partial charge in [-0.25, -0.2) is 0 Å². The van der Waals surface area contributed by atoms with Crippen LogP contribution in [0.2, 0.25) is 0 Å². The first kappa shape index (κ1) is 14.0. The van der Waals surface area contributed by atoms with E-state index >= 15 is 0 Å². The van der Waals surface area contributed by atoms with Crippen molar-refractivity contribution in [2.24, 2.45) is 11.7 Å². The van der Waals surface area contributed by atoms with Gasteiger partial charge in [0, 0.05) is 19.5 Å². The van der Waals surface area contributed by atoms with Gasteiger partial charge in [0.25, 0.3) is 5.91 Å². The molecule has 2 rings (SSSR count). The Balaban J connectivity index is 1.79. The summed E-state index contributed by atoms with van der Waals surface area (Å²) in [6, 6.07) is -0.405. The minimum absolute atomic E-state index is 0.0800. The highest BCUT2D eigenvalue weighted by molar-refractivity contribution is 6.06. The quantitative estimate of drug-likeness (QED) is 0.691. The molecule has 0 aromatic heterocycles. The number of carbonyl (C=O) groups is 3. The molecular weight excluding hydrogens is 246 g/mol. The fraction of sp³-hybridized carbons (Fsp3) is 0.769. The number of imide groups is 1. The van der Waals surface area contributed by atoms with Crippen LogP contribution in [0.25, 0.3) is 0 Å². The van der Waals surface area contributed by atoms with Gasteiger partial charge >= 0.3 is 0 Å². The molecule has 6 heteroatoms. The van der Waals surface area contributed by atoms with E-state index in [0.717, 1.165) is 30.6 Å². The number of nitrogens with zero attached hydrogens (tertiary/aromatic N) is 1. The van der Waals surface area contributed by atoms with Crippen LogP contribution < -0.4 is 11.1 Å². The molecule has 19 heavy (non-hydrogen) atoms. The number of rotatable bonds is 3. The number of likely N-dealkylation sites (N-methyl/N-ethyl adjacent to an activating group) is 1. The first-order valence-electron chi connectivity index (χ1n) is 6.82. The summed E-state index contributed by atoms with van der Waals surface area (Å²) in [4.78, 5) is 36.0. The van der Waals surface area contributed by atoms with Gasteiger partial charge in [0.1, 0.15) is 6.04 Å². The Bertz CT molecular complexity index is 389. The summed E-state index contributed by atoms with van der Waals surface area (Å²) in [6.45, 7) is 0. The number of likely N-dealkylation sites (tertiary alicyclic amines) is 1. The summed E-state index contributed by atoms with van der Waals surface area (Å²) >= 11 is 0. The van der Waals surface area contributed by atoms with Crippen molar-refractivity contribution >= 4 is 17.7 Å². The number of carbonyl (C=O) groups excluding carboxylic acids is 3. The topological polar surface area (TPSA) is 92.5 Å². The molecule has 0 spiro atoms. The second-order valence-electron chi connectivity index (χ2n) is 5.60. The zero-order valence-corrected chi connectivity index (χ0v) is 11.2. The van der Waals surface area contributed by atoms with E-state index in [4.69, 9.17) is 5.73 Å². The van der Waals surface area contributed by atoms with Gasteiger partial charge in [0.2, 0.25) is 11.8 Å². The minimum atomic E-state index is -0.671. The van der Waals surface area contributed by atoms with E-state index in [-0.39, 0.29) is 30.2 Å². The molecule has 3 amide bonds. The molecule has 1 aliphatic carbocycles. The molecule has 6 nitrogen and oxygen atoms in total. The average molecular weight is 267 g/mol. The van der Waals surface area contributed by atoms with Crippen LogP contribution in [0.1, 0.15) is 38.5 Å². The van der Waals surface area contributed by atoms with Crippen LogP contribution in [0, 0.1) is 5.92 Å². The van der Waals surface area contributed by atoms with Gasteiger partial charge < -0.3 is 11.1 Å². The smallest absolute Gasteiger partial charge is 0.252 e. The maximum atomic E-state index is 11.9. The predicted octanol–water partition coefficient (Wildman–Crippen LogP) is -0.232. The van der Waals surface area contributed by atoms with Gasteiger partial charge in [-0.2, -0.15) is 0 Å². The lowest BCUT2D eigenvalue weighted by Gasteiger charge is -2.25. The Morgan fingerprint density at radius 3 is 2.47 bits per heavy atom. The molecule has 0 aromatic rings. The Kier molecular flexibility index (Phi) is 4.19. The fourth-order valence-corrected chi connectivity index (χ4v) is 2.78. The Hall–Kier alpha value is -1.43. The highest BCUT2D eigenvalue weighted by Gasteiger charge is 2.37. The number of nitrogens with one attached hydrogen (secondary N) is 1. The van der Waals surface area contributed by atoms with E-state index in [9.17, 15) is 14.4 Å². The Morgan fingerprint density at radius 1 is 1.32 bits per heavy atom. The molecule has 106 valence electrons. The van der Waals surface area contributed by atoms with E-state index in [1.165, 1.54) is 7.05 Å². The Labute approximate surface area is 112 Å². The number of amides is 3. The summed E-state index contributed by atoms with van der Waals surface area (Å²) < 4.78 is 0. The highest BCUT2D eigenvalue weighted by Crippen LogP contribution is 2.25. The second kappa shape index (κ2) is 5.69. The van der Waals surface area contributed by atoms with Gasteiger partial charge in [-0.15, -0.1) is 0 Å². The molecule has 1 saturated heterocycles. The molecule has 1 heterocycles. The predicted molar refractivity (Wildman–Crippen MR) is 68.9 cm³/mol. The van der Waals surface area contributed by atoms with E-state index in [1.807, 2.05) is 0 Å². The molecule has 2 aliphatic rings. The standard InChI is InChI=1S/C13H21N3O3/c1-16-12(18)7-10(13(16)19)15-11(17)6-8-2-4-9(14)5-3-8/h8-10H,2-7,14H2,1H3,(H,15,17). The van der Waals surface area contributed by atoms with Gasteiger partial charge in [0.05, 0.1) is 6.42 Å². The van der Waals surface area contributed by atoms with E-state index in [1.54, 1.807) is 0 Å². The molecule has 0 radical (unpaired) electrons. The van der Waals surface area contributed by atoms with Crippen LogP contribution >= 0.6 is 0 Å². The van der Waals surface area contributed by atoms with Crippen LogP contribution in [-0.4, -0.2) is 41.8 Å². The Morgan fingerprint density at radius 2 is 1.95 bits per heavy atom. The summed E-state index contributed by atoms with van der Waals surface area (Å²) in [7, 11) is 1.44. The van der Waals surface area contributed by atoms with Crippen molar-refractivity contribution in [3.8, 4) is 0 Å². The molecule has 1 atom stereocenters. The van der Waals surface area contributed by atoms with Crippen LogP contribution in [0.4, 0.5) is 0 Å². The monoisotopic (exact) mass is 267 g/mol. The molecular formula is C13H21N3O3. The van der Waals surface area contributed by atoms with Crippen LogP contribution in [0.15, 0.2) is 0 Å².